The van der Waals surface area contributed by atoms with Crippen molar-refractivity contribution in [3.8, 4) is 0 Å². The third-order valence-electron chi connectivity index (χ3n) is 6.67. The highest BCUT2D eigenvalue weighted by Crippen LogP contribution is 2.55. The summed E-state index contributed by atoms with van der Waals surface area (Å²) in [7, 11) is 0. The van der Waals surface area contributed by atoms with E-state index in [2.05, 4.69) is 0 Å². The number of epoxide rings is 1. The first kappa shape index (κ1) is 17.7. The zero-order valence-corrected chi connectivity index (χ0v) is 15.1. The van der Waals surface area contributed by atoms with Crippen LogP contribution >= 0.6 is 0 Å². The van der Waals surface area contributed by atoms with Gasteiger partial charge in [-0.05, 0) is 31.6 Å². The van der Waals surface area contributed by atoms with Crippen LogP contribution in [0, 0.1) is 11.8 Å². The summed E-state index contributed by atoms with van der Waals surface area (Å²) in [5.74, 6) is 0.380. The molecule has 0 aromatic rings. The highest BCUT2D eigenvalue weighted by atomic mass is 16.7. The molecule has 0 aromatic heterocycles. The second-order valence-corrected chi connectivity index (χ2v) is 8.40. The summed E-state index contributed by atoms with van der Waals surface area (Å²) in [6.45, 7) is 0.835. The Kier molecular flexibility index (Phi) is 5.63. The third-order valence-corrected chi connectivity index (χ3v) is 6.67. The Morgan fingerprint density at radius 1 is 0.880 bits per heavy atom. The molecule has 0 aromatic carbocycles. The maximum Gasteiger partial charge on any atom is 0.303 e. The zero-order valence-electron chi connectivity index (χ0n) is 15.1. The molecule has 4 fully saturated rings. The van der Waals surface area contributed by atoms with Crippen molar-refractivity contribution >= 4 is 5.97 Å². The molecule has 25 heavy (non-hydrogen) atoms. The van der Waals surface area contributed by atoms with Gasteiger partial charge in [-0.25, -0.2) is 0 Å². The summed E-state index contributed by atoms with van der Waals surface area (Å²) >= 11 is 0. The minimum absolute atomic E-state index is 0.260. The highest BCUT2D eigenvalue weighted by molar-refractivity contribution is 5.66. The number of unbranched alkanes of at least 4 members (excludes halogenated alkanes) is 3. The van der Waals surface area contributed by atoms with E-state index in [0.29, 0.717) is 36.6 Å². The number of ether oxygens (including phenoxy) is 3. The lowest BCUT2D eigenvalue weighted by Gasteiger charge is -2.29. The van der Waals surface area contributed by atoms with Crippen LogP contribution in [0.3, 0.4) is 0 Å². The fourth-order valence-electron chi connectivity index (χ4n) is 5.26. The van der Waals surface area contributed by atoms with E-state index < -0.39 is 5.97 Å². The number of carbonyl (C=O) groups is 1. The number of carboxylic acids is 1. The second-order valence-electron chi connectivity index (χ2n) is 8.40. The average Bonchev–Trinajstić information content (AvgIpc) is 3.24. The summed E-state index contributed by atoms with van der Waals surface area (Å²) in [5.41, 5.74) is 0. The second kappa shape index (κ2) is 7.93. The van der Waals surface area contributed by atoms with Crippen LogP contribution in [-0.2, 0) is 19.0 Å². The van der Waals surface area contributed by atoms with Crippen LogP contribution in [0.5, 0.6) is 0 Å². The van der Waals surface area contributed by atoms with Gasteiger partial charge in [-0.2, -0.15) is 0 Å². The van der Waals surface area contributed by atoms with E-state index in [1.54, 1.807) is 0 Å². The number of hydrogen-bond donors (Lipinski definition) is 1. The van der Waals surface area contributed by atoms with Gasteiger partial charge in [-0.3, -0.25) is 4.79 Å². The van der Waals surface area contributed by atoms with E-state index in [4.69, 9.17) is 19.3 Å². The first-order valence-electron chi connectivity index (χ1n) is 10.4. The molecule has 0 spiro atoms. The number of carboxylic acid groups (broad SMARTS) is 1. The molecule has 1 aliphatic carbocycles. The normalized spacial score (nSPS) is 39.5. The van der Waals surface area contributed by atoms with E-state index in [0.717, 1.165) is 32.3 Å². The largest absolute Gasteiger partial charge is 0.481 e. The molecule has 6 atom stereocenters. The van der Waals surface area contributed by atoms with Gasteiger partial charge in [0.2, 0.25) is 0 Å². The molecule has 4 rings (SSSR count). The van der Waals surface area contributed by atoms with Gasteiger partial charge in [0.05, 0.1) is 24.9 Å². The Bertz CT molecular complexity index is 461. The van der Waals surface area contributed by atoms with Crippen LogP contribution in [0.15, 0.2) is 0 Å². The van der Waals surface area contributed by atoms with Gasteiger partial charge < -0.3 is 19.3 Å². The van der Waals surface area contributed by atoms with Crippen molar-refractivity contribution in [3.05, 3.63) is 0 Å². The zero-order chi connectivity index (χ0) is 17.2. The van der Waals surface area contributed by atoms with Crippen LogP contribution in [0.4, 0.5) is 0 Å². The quantitative estimate of drug-likeness (QED) is 0.481. The van der Waals surface area contributed by atoms with Crippen LogP contribution in [0.2, 0.25) is 0 Å². The third kappa shape index (κ3) is 4.04. The van der Waals surface area contributed by atoms with E-state index in [-0.39, 0.29) is 12.2 Å². The van der Waals surface area contributed by atoms with Crippen molar-refractivity contribution in [3.63, 3.8) is 0 Å². The molecule has 1 N–H and O–H groups in total. The summed E-state index contributed by atoms with van der Waals surface area (Å²) in [6.07, 6.45) is 13.7. The topological polar surface area (TPSA) is 68.3 Å². The Balaban J connectivity index is 1.22. The minimum atomic E-state index is -0.682. The molecule has 0 unspecified atom stereocenters. The van der Waals surface area contributed by atoms with Crippen molar-refractivity contribution in [1.29, 1.82) is 0 Å². The number of fused-ring (bicyclic) bond motifs is 5. The van der Waals surface area contributed by atoms with Crippen LogP contribution in [0.1, 0.15) is 70.6 Å². The first-order valence-corrected chi connectivity index (χ1v) is 10.4. The van der Waals surface area contributed by atoms with Crippen molar-refractivity contribution in [1.82, 2.24) is 0 Å². The molecular formula is C20H32O5. The predicted molar refractivity (Wildman–Crippen MR) is 92.5 cm³/mol. The van der Waals surface area contributed by atoms with Gasteiger partial charge in [0.25, 0.3) is 0 Å². The van der Waals surface area contributed by atoms with E-state index >= 15 is 0 Å². The lowest BCUT2D eigenvalue weighted by molar-refractivity contribution is -0.137. The van der Waals surface area contributed by atoms with Crippen LogP contribution < -0.4 is 0 Å². The summed E-state index contributed by atoms with van der Waals surface area (Å²) in [5, 5.41) is 8.70. The molecule has 3 saturated heterocycles. The molecule has 1 saturated carbocycles. The monoisotopic (exact) mass is 352 g/mol. The van der Waals surface area contributed by atoms with E-state index in [1.165, 1.54) is 38.5 Å². The maximum atomic E-state index is 10.6. The molecule has 2 bridgehead atoms. The van der Waals surface area contributed by atoms with E-state index in [1.807, 2.05) is 0 Å². The molecular weight excluding hydrogens is 320 g/mol. The van der Waals surface area contributed by atoms with Gasteiger partial charge in [0.15, 0.2) is 0 Å². The first-order chi connectivity index (χ1) is 12.2. The standard InChI is InChI=1S/C20H32O5/c21-16(22)11-7-2-1-6-10-14-15(12-23-13-8-4-3-5-9-13)18-20-19(25-20)17(14)24-18/h13-15,17-20H,1-12H2,(H,21,22)/t14-,15+,17+,18-,19-,20+/m0/s1. The van der Waals surface area contributed by atoms with Crippen molar-refractivity contribution in [2.24, 2.45) is 11.8 Å². The molecule has 5 heteroatoms. The molecule has 5 nitrogen and oxygen atoms in total. The predicted octanol–water partition coefficient (Wildman–Crippen LogP) is 3.54. The summed E-state index contributed by atoms with van der Waals surface area (Å²) < 4.78 is 18.3. The fourth-order valence-corrected chi connectivity index (χ4v) is 5.26. The SMILES string of the molecule is O=C(O)CCCCCC[C@H]1[C@@H](COC2CCCCC2)[C@@H]2O[C@H]1[C@@H]1O[C@@H]12. The van der Waals surface area contributed by atoms with Gasteiger partial charge in [0.1, 0.15) is 12.2 Å². The molecule has 3 aliphatic heterocycles. The van der Waals surface area contributed by atoms with E-state index in [9.17, 15) is 4.79 Å². The fraction of sp³-hybridized carbons (Fsp3) is 0.950. The van der Waals surface area contributed by atoms with Gasteiger partial charge in [-0.1, -0.05) is 38.5 Å². The van der Waals surface area contributed by atoms with Crippen molar-refractivity contribution < 1.29 is 24.1 Å². The Labute approximate surface area is 150 Å². The molecule has 142 valence electrons. The number of rotatable bonds is 10. The Hall–Kier alpha value is -0.650. The summed E-state index contributed by atoms with van der Waals surface area (Å²) in [6, 6.07) is 0. The van der Waals surface area contributed by atoms with Gasteiger partial charge >= 0.3 is 5.97 Å². The highest BCUT2D eigenvalue weighted by Gasteiger charge is 2.68. The molecule has 3 heterocycles. The number of hydrogen-bond acceptors (Lipinski definition) is 4. The minimum Gasteiger partial charge on any atom is -0.481 e. The summed E-state index contributed by atoms with van der Waals surface area (Å²) in [4.78, 5) is 10.6. The average molecular weight is 352 g/mol. The van der Waals surface area contributed by atoms with Crippen molar-refractivity contribution in [2.45, 2.75) is 101 Å². The molecule has 4 aliphatic rings. The lowest BCUT2D eigenvalue weighted by atomic mass is 9.77. The molecule has 0 amide bonds. The smallest absolute Gasteiger partial charge is 0.303 e. The maximum absolute atomic E-state index is 10.6. The van der Waals surface area contributed by atoms with Crippen LogP contribution in [-0.4, -0.2) is 48.2 Å². The number of aliphatic carboxylic acids is 1. The van der Waals surface area contributed by atoms with Gasteiger partial charge in [0, 0.05) is 12.3 Å². The lowest BCUT2D eigenvalue weighted by Crippen LogP contribution is -2.37. The molecule has 0 radical (unpaired) electrons. The Morgan fingerprint density at radius 3 is 2.32 bits per heavy atom. The Morgan fingerprint density at radius 2 is 1.56 bits per heavy atom. The van der Waals surface area contributed by atoms with Crippen molar-refractivity contribution in [2.75, 3.05) is 6.61 Å². The van der Waals surface area contributed by atoms with Crippen LogP contribution in [0.25, 0.3) is 0 Å². The van der Waals surface area contributed by atoms with Gasteiger partial charge in [-0.15, -0.1) is 0 Å².